The smallest absolute Gasteiger partial charge is 0.191 e. The van der Waals surface area contributed by atoms with Crippen LogP contribution in [0.3, 0.4) is 0 Å². The third kappa shape index (κ3) is 6.10. The fourth-order valence-electron chi connectivity index (χ4n) is 4.35. The summed E-state index contributed by atoms with van der Waals surface area (Å²) in [6.45, 7) is 3.36. The number of rotatable bonds is 7. The van der Waals surface area contributed by atoms with E-state index in [-0.39, 0.29) is 0 Å². The van der Waals surface area contributed by atoms with Gasteiger partial charge in [-0.1, -0.05) is 30.3 Å². The Hall–Kier alpha value is -2.27. The summed E-state index contributed by atoms with van der Waals surface area (Å²) in [5, 5.41) is 7.21. The SMILES string of the molecule is c1ccc(C2CCC(NC(=NCC3CCOC3)NCCc3ccco3)CC2)cc1. The molecule has 1 saturated carbocycles. The molecule has 4 rings (SSSR count). The van der Waals surface area contributed by atoms with Crippen molar-refractivity contribution in [2.24, 2.45) is 10.9 Å². The van der Waals surface area contributed by atoms with Gasteiger partial charge in [0.1, 0.15) is 5.76 Å². The van der Waals surface area contributed by atoms with Crippen LogP contribution >= 0.6 is 0 Å². The Bertz CT molecular complexity index is 731. The van der Waals surface area contributed by atoms with Gasteiger partial charge in [-0.25, -0.2) is 0 Å². The molecule has 2 N–H and O–H groups in total. The van der Waals surface area contributed by atoms with Crippen LogP contribution in [0, 0.1) is 5.92 Å². The Morgan fingerprint density at radius 3 is 2.59 bits per heavy atom. The third-order valence-electron chi connectivity index (χ3n) is 6.11. The Morgan fingerprint density at radius 1 is 1.00 bits per heavy atom. The summed E-state index contributed by atoms with van der Waals surface area (Å²) in [5.41, 5.74) is 1.48. The number of guanidine groups is 1. The molecule has 5 nitrogen and oxygen atoms in total. The number of nitrogens with zero attached hydrogens (tertiary/aromatic N) is 1. The second kappa shape index (κ2) is 10.5. The highest BCUT2D eigenvalue weighted by Crippen LogP contribution is 2.32. The van der Waals surface area contributed by atoms with E-state index in [1.807, 2.05) is 12.1 Å². The monoisotopic (exact) mass is 395 g/mol. The van der Waals surface area contributed by atoms with E-state index < -0.39 is 0 Å². The third-order valence-corrected chi connectivity index (χ3v) is 6.11. The molecule has 5 heteroatoms. The van der Waals surface area contributed by atoms with Crippen LogP contribution in [0.2, 0.25) is 0 Å². The second-order valence-corrected chi connectivity index (χ2v) is 8.28. The largest absolute Gasteiger partial charge is 0.469 e. The van der Waals surface area contributed by atoms with Gasteiger partial charge in [0, 0.05) is 38.1 Å². The molecule has 2 aromatic rings. The fourth-order valence-corrected chi connectivity index (χ4v) is 4.35. The second-order valence-electron chi connectivity index (χ2n) is 8.28. The molecule has 0 radical (unpaired) electrons. The van der Waals surface area contributed by atoms with Crippen molar-refractivity contribution >= 4 is 5.96 Å². The number of nitrogens with one attached hydrogen (secondary N) is 2. The minimum Gasteiger partial charge on any atom is -0.469 e. The fraction of sp³-hybridized carbons (Fsp3) is 0.542. The van der Waals surface area contributed by atoms with Crippen LogP contribution in [0.4, 0.5) is 0 Å². The summed E-state index contributed by atoms with van der Waals surface area (Å²) in [6, 6.07) is 15.4. The van der Waals surface area contributed by atoms with Crippen LogP contribution < -0.4 is 10.6 Å². The Labute approximate surface area is 173 Å². The summed E-state index contributed by atoms with van der Waals surface area (Å²) in [5.74, 6) is 3.18. The molecular formula is C24H33N3O2. The first-order valence-corrected chi connectivity index (χ1v) is 11.1. The lowest BCUT2D eigenvalue weighted by Crippen LogP contribution is -2.45. The number of hydrogen-bond acceptors (Lipinski definition) is 3. The van der Waals surface area contributed by atoms with Crippen LogP contribution in [-0.4, -0.2) is 38.3 Å². The van der Waals surface area contributed by atoms with Crippen molar-refractivity contribution in [3.05, 3.63) is 60.1 Å². The zero-order valence-corrected chi connectivity index (χ0v) is 17.2. The average Bonchev–Trinajstić information content (AvgIpc) is 3.47. The molecule has 1 aromatic heterocycles. The van der Waals surface area contributed by atoms with Gasteiger partial charge >= 0.3 is 0 Å². The predicted molar refractivity (Wildman–Crippen MR) is 116 cm³/mol. The Kier molecular flexibility index (Phi) is 7.24. The van der Waals surface area contributed by atoms with Crippen molar-refractivity contribution in [2.45, 2.75) is 50.5 Å². The highest BCUT2D eigenvalue weighted by atomic mass is 16.5. The molecule has 1 saturated heterocycles. The molecule has 1 aromatic carbocycles. The van der Waals surface area contributed by atoms with Crippen LogP contribution in [0.1, 0.15) is 49.3 Å². The first-order valence-electron chi connectivity index (χ1n) is 11.1. The van der Waals surface area contributed by atoms with Gasteiger partial charge in [0.15, 0.2) is 5.96 Å². The van der Waals surface area contributed by atoms with Crippen LogP contribution in [-0.2, 0) is 11.2 Å². The van der Waals surface area contributed by atoms with Gasteiger partial charge in [-0.15, -0.1) is 0 Å². The van der Waals surface area contributed by atoms with Gasteiger partial charge in [0.25, 0.3) is 0 Å². The number of furan rings is 1. The maximum atomic E-state index is 5.50. The zero-order valence-electron chi connectivity index (χ0n) is 17.2. The van der Waals surface area contributed by atoms with E-state index in [2.05, 4.69) is 41.0 Å². The van der Waals surface area contributed by atoms with E-state index in [1.54, 1.807) is 6.26 Å². The van der Waals surface area contributed by atoms with Crippen molar-refractivity contribution in [1.82, 2.24) is 10.6 Å². The van der Waals surface area contributed by atoms with Crippen LogP contribution in [0.5, 0.6) is 0 Å². The number of hydrogen-bond donors (Lipinski definition) is 2. The van der Waals surface area contributed by atoms with Crippen molar-refractivity contribution in [1.29, 1.82) is 0 Å². The van der Waals surface area contributed by atoms with Gasteiger partial charge < -0.3 is 19.8 Å². The lowest BCUT2D eigenvalue weighted by molar-refractivity contribution is 0.187. The molecule has 1 aliphatic carbocycles. The molecule has 29 heavy (non-hydrogen) atoms. The predicted octanol–water partition coefficient (Wildman–Crippen LogP) is 4.12. The molecule has 2 fully saturated rings. The van der Waals surface area contributed by atoms with Gasteiger partial charge in [-0.05, 0) is 55.7 Å². The van der Waals surface area contributed by atoms with Crippen molar-refractivity contribution in [3.8, 4) is 0 Å². The zero-order chi connectivity index (χ0) is 19.7. The molecule has 1 atom stereocenters. The van der Waals surface area contributed by atoms with Crippen molar-refractivity contribution < 1.29 is 9.15 Å². The number of aliphatic imine (C=N–C) groups is 1. The van der Waals surface area contributed by atoms with Crippen molar-refractivity contribution in [2.75, 3.05) is 26.3 Å². The topological polar surface area (TPSA) is 58.8 Å². The molecule has 1 aliphatic heterocycles. The number of ether oxygens (including phenoxy) is 1. The van der Waals surface area contributed by atoms with E-state index >= 15 is 0 Å². The first-order chi connectivity index (χ1) is 14.4. The van der Waals surface area contributed by atoms with Crippen LogP contribution in [0.15, 0.2) is 58.1 Å². The Morgan fingerprint density at radius 2 is 1.86 bits per heavy atom. The standard InChI is InChI=1S/C24H33N3O2/c1-2-5-20(6-3-1)21-8-10-22(11-9-21)27-24(26-17-19-13-16-28-18-19)25-14-12-23-7-4-15-29-23/h1-7,15,19,21-22H,8-14,16-18H2,(H2,25,26,27). The average molecular weight is 396 g/mol. The maximum Gasteiger partial charge on any atom is 0.191 e. The summed E-state index contributed by atoms with van der Waals surface area (Å²) >= 11 is 0. The molecule has 0 amide bonds. The van der Waals surface area contributed by atoms with E-state index in [9.17, 15) is 0 Å². The maximum absolute atomic E-state index is 5.50. The quantitative estimate of drug-likeness (QED) is 0.547. The lowest BCUT2D eigenvalue weighted by Gasteiger charge is -2.30. The molecule has 1 unspecified atom stereocenters. The van der Waals surface area contributed by atoms with Crippen molar-refractivity contribution in [3.63, 3.8) is 0 Å². The highest BCUT2D eigenvalue weighted by molar-refractivity contribution is 5.80. The minimum absolute atomic E-state index is 0.490. The Balaban J connectivity index is 1.28. The molecule has 0 spiro atoms. The first kappa shape index (κ1) is 20.0. The normalized spacial score (nSPS) is 25.1. The summed E-state index contributed by atoms with van der Waals surface area (Å²) < 4.78 is 10.9. The summed E-state index contributed by atoms with van der Waals surface area (Å²) in [6.07, 6.45) is 8.55. The van der Waals surface area contributed by atoms with E-state index in [0.717, 1.165) is 50.9 Å². The van der Waals surface area contributed by atoms with Gasteiger partial charge in [0.05, 0.1) is 12.9 Å². The van der Waals surface area contributed by atoms with E-state index in [1.165, 1.54) is 31.2 Å². The summed E-state index contributed by atoms with van der Waals surface area (Å²) in [7, 11) is 0. The molecule has 156 valence electrons. The molecular weight excluding hydrogens is 362 g/mol. The minimum atomic E-state index is 0.490. The molecule has 2 aliphatic rings. The van der Waals surface area contributed by atoms with E-state index in [0.29, 0.717) is 17.9 Å². The van der Waals surface area contributed by atoms with Gasteiger partial charge in [-0.3, -0.25) is 4.99 Å². The van der Waals surface area contributed by atoms with Gasteiger partial charge in [-0.2, -0.15) is 0 Å². The highest BCUT2D eigenvalue weighted by Gasteiger charge is 2.23. The van der Waals surface area contributed by atoms with E-state index in [4.69, 9.17) is 14.1 Å². The lowest BCUT2D eigenvalue weighted by atomic mass is 9.82. The van der Waals surface area contributed by atoms with Crippen LogP contribution in [0.25, 0.3) is 0 Å². The molecule has 0 bridgehead atoms. The summed E-state index contributed by atoms with van der Waals surface area (Å²) in [4.78, 5) is 4.88. The molecule has 2 heterocycles. The number of benzene rings is 1. The van der Waals surface area contributed by atoms with Gasteiger partial charge in [0.2, 0.25) is 0 Å².